The second-order valence-corrected chi connectivity index (χ2v) is 5.17. The number of hydrogen-bond donors (Lipinski definition) is 2. The molecule has 0 rings (SSSR count). The van der Waals surface area contributed by atoms with Gasteiger partial charge < -0.3 is 11.5 Å². The molecule has 0 atom stereocenters. The van der Waals surface area contributed by atoms with Crippen LogP contribution < -0.4 is 11.5 Å². The van der Waals surface area contributed by atoms with Crippen LogP contribution in [0.3, 0.4) is 0 Å². The Morgan fingerprint density at radius 2 is 1.12 bits per heavy atom. The van der Waals surface area contributed by atoms with Crippen LogP contribution in [-0.2, 0) is 0 Å². The lowest BCUT2D eigenvalue weighted by Gasteiger charge is -2.04. The summed E-state index contributed by atoms with van der Waals surface area (Å²) >= 11 is 0. The summed E-state index contributed by atoms with van der Waals surface area (Å²) in [4.78, 5) is 0. The highest BCUT2D eigenvalue weighted by atomic mass is 14.8. The Hall–Kier alpha value is -0.660. The van der Waals surface area contributed by atoms with Gasteiger partial charge in [0, 0.05) is 0 Å². The van der Waals surface area contributed by atoms with Crippen molar-refractivity contribution in [2.75, 3.05) is 0 Å². The van der Waals surface area contributed by atoms with Crippen molar-refractivity contribution >= 4 is 0 Å². The van der Waals surface area contributed by atoms with E-state index in [2.05, 4.69) is 6.92 Å². The average Bonchev–Trinajstić information content (AvgIpc) is 2.31. The van der Waals surface area contributed by atoms with Gasteiger partial charge in [0.05, 0.1) is 5.82 Å². The van der Waals surface area contributed by atoms with E-state index in [1.54, 1.807) is 0 Å². The normalized spacial score (nSPS) is 10.5. The third-order valence-corrected chi connectivity index (χ3v) is 3.40. The zero-order chi connectivity index (χ0) is 12.9. The van der Waals surface area contributed by atoms with Crippen LogP contribution >= 0.6 is 0 Å². The smallest absolute Gasteiger partial charge is 0.0922 e. The fourth-order valence-corrected chi connectivity index (χ4v) is 2.02. The standard InChI is InChI=1S/C15H32N2/c1-3-4-5-6-7-8-9-10-11-12-13-14(2)15(16)17/h3-13,16-17H2,1-2H3. The summed E-state index contributed by atoms with van der Waals surface area (Å²) in [7, 11) is 0. The lowest BCUT2D eigenvalue weighted by atomic mass is 10.0. The minimum atomic E-state index is 0.515. The van der Waals surface area contributed by atoms with Crippen molar-refractivity contribution in [1.82, 2.24) is 0 Å². The van der Waals surface area contributed by atoms with Gasteiger partial charge in [0.2, 0.25) is 0 Å². The molecule has 0 aliphatic carbocycles. The largest absolute Gasteiger partial charge is 0.386 e. The molecule has 102 valence electrons. The molecule has 0 aromatic rings. The van der Waals surface area contributed by atoms with E-state index in [1.165, 1.54) is 64.2 Å². The van der Waals surface area contributed by atoms with Crippen LogP contribution in [0.4, 0.5) is 0 Å². The van der Waals surface area contributed by atoms with E-state index in [-0.39, 0.29) is 0 Å². The van der Waals surface area contributed by atoms with Crippen molar-refractivity contribution in [2.24, 2.45) is 11.5 Å². The van der Waals surface area contributed by atoms with Crippen LogP contribution in [-0.4, -0.2) is 0 Å². The summed E-state index contributed by atoms with van der Waals surface area (Å²) in [5, 5.41) is 0. The molecule has 0 fully saturated rings. The van der Waals surface area contributed by atoms with Crippen molar-refractivity contribution in [3.63, 3.8) is 0 Å². The number of allylic oxidation sites excluding steroid dienone is 1. The Balaban J connectivity index is 3.11. The Bertz CT molecular complexity index is 193. The molecule has 0 radical (unpaired) electrons. The van der Waals surface area contributed by atoms with Gasteiger partial charge in [0.1, 0.15) is 0 Å². The molecule has 17 heavy (non-hydrogen) atoms. The first-order chi connectivity index (χ1) is 8.18. The minimum absolute atomic E-state index is 0.515. The highest BCUT2D eigenvalue weighted by Crippen LogP contribution is 2.13. The Kier molecular flexibility index (Phi) is 11.4. The molecule has 4 N–H and O–H groups in total. The average molecular weight is 240 g/mol. The number of nitrogens with two attached hydrogens (primary N) is 2. The van der Waals surface area contributed by atoms with Crippen molar-refractivity contribution in [1.29, 1.82) is 0 Å². The van der Waals surface area contributed by atoms with Gasteiger partial charge in [-0.2, -0.15) is 0 Å². The van der Waals surface area contributed by atoms with Gasteiger partial charge in [-0.3, -0.25) is 0 Å². The first-order valence-corrected chi connectivity index (χ1v) is 7.39. The van der Waals surface area contributed by atoms with Gasteiger partial charge in [0.15, 0.2) is 0 Å². The van der Waals surface area contributed by atoms with Gasteiger partial charge in [-0.1, -0.05) is 64.7 Å². The van der Waals surface area contributed by atoms with Crippen LogP contribution in [0.15, 0.2) is 11.4 Å². The van der Waals surface area contributed by atoms with E-state index in [0.717, 1.165) is 12.0 Å². The van der Waals surface area contributed by atoms with Crippen LogP contribution in [0.25, 0.3) is 0 Å². The molecule has 0 bridgehead atoms. The number of unbranched alkanes of at least 4 members (excludes halogenated alkanes) is 9. The molecular weight excluding hydrogens is 208 g/mol. The summed E-state index contributed by atoms with van der Waals surface area (Å²) in [6.45, 7) is 4.30. The molecule has 0 saturated carbocycles. The SMILES string of the molecule is CCCCCCCCCCCCC(C)=C(N)N. The molecule has 0 aliphatic rings. The van der Waals surface area contributed by atoms with Crippen molar-refractivity contribution in [3.05, 3.63) is 11.4 Å². The number of hydrogen-bond acceptors (Lipinski definition) is 2. The fourth-order valence-electron chi connectivity index (χ4n) is 2.02. The van der Waals surface area contributed by atoms with E-state index < -0.39 is 0 Å². The first-order valence-electron chi connectivity index (χ1n) is 7.39. The molecule has 0 amide bonds. The van der Waals surface area contributed by atoms with Gasteiger partial charge in [-0.05, 0) is 25.3 Å². The Labute approximate surface area is 108 Å². The zero-order valence-electron chi connectivity index (χ0n) is 11.9. The van der Waals surface area contributed by atoms with E-state index in [9.17, 15) is 0 Å². The summed E-state index contributed by atoms with van der Waals surface area (Å²) < 4.78 is 0. The monoisotopic (exact) mass is 240 g/mol. The van der Waals surface area contributed by atoms with Crippen LogP contribution in [0.5, 0.6) is 0 Å². The third kappa shape index (κ3) is 11.6. The predicted molar refractivity (Wildman–Crippen MR) is 77.5 cm³/mol. The van der Waals surface area contributed by atoms with E-state index in [4.69, 9.17) is 11.5 Å². The topological polar surface area (TPSA) is 52.0 Å². The van der Waals surface area contributed by atoms with Crippen LogP contribution in [0.2, 0.25) is 0 Å². The van der Waals surface area contributed by atoms with Gasteiger partial charge in [-0.25, -0.2) is 0 Å². The third-order valence-electron chi connectivity index (χ3n) is 3.40. The maximum atomic E-state index is 5.51. The molecule has 0 spiro atoms. The quantitative estimate of drug-likeness (QED) is 0.524. The van der Waals surface area contributed by atoms with Crippen molar-refractivity contribution < 1.29 is 0 Å². The van der Waals surface area contributed by atoms with E-state index in [0.29, 0.717) is 5.82 Å². The van der Waals surface area contributed by atoms with Crippen LogP contribution in [0, 0.1) is 0 Å². The van der Waals surface area contributed by atoms with Crippen molar-refractivity contribution in [3.8, 4) is 0 Å². The Morgan fingerprint density at radius 1 is 0.706 bits per heavy atom. The van der Waals surface area contributed by atoms with E-state index in [1.807, 2.05) is 6.92 Å². The molecule has 0 aliphatic heterocycles. The second kappa shape index (κ2) is 11.8. The highest BCUT2D eigenvalue weighted by molar-refractivity contribution is 5.03. The molecule has 0 aromatic heterocycles. The number of rotatable bonds is 11. The second-order valence-electron chi connectivity index (χ2n) is 5.17. The van der Waals surface area contributed by atoms with E-state index >= 15 is 0 Å². The molecule has 2 nitrogen and oxygen atoms in total. The van der Waals surface area contributed by atoms with Crippen LogP contribution in [0.1, 0.15) is 84.5 Å². The maximum absolute atomic E-state index is 5.51. The molecule has 0 heterocycles. The molecule has 0 aromatic carbocycles. The minimum Gasteiger partial charge on any atom is -0.386 e. The molecular formula is C15H32N2. The summed E-state index contributed by atoms with van der Waals surface area (Å²) in [6.07, 6.45) is 14.8. The fraction of sp³-hybridized carbons (Fsp3) is 0.867. The lowest BCUT2D eigenvalue weighted by molar-refractivity contribution is 0.555. The van der Waals surface area contributed by atoms with Crippen molar-refractivity contribution in [2.45, 2.75) is 84.5 Å². The summed E-state index contributed by atoms with van der Waals surface area (Å²) in [6, 6.07) is 0. The predicted octanol–water partition coefficient (Wildman–Crippen LogP) is 4.45. The van der Waals surface area contributed by atoms with Gasteiger partial charge >= 0.3 is 0 Å². The summed E-state index contributed by atoms with van der Waals surface area (Å²) in [5.41, 5.74) is 12.2. The van der Waals surface area contributed by atoms with Gasteiger partial charge in [0.25, 0.3) is 0 Å². The first kappa shape index (κ1) is 16.3. The summed E-state index contributed by atoms with van der Waals surface area (Å²) in [5.74, 6) is 0.515. The Morgan fingerprint density at radius 3 is 1.53 bits per heavy atom. The lowest BCUT2D eigenvalue weighted by Crippen LogP contribution is -2.10. The molecule has 0 unspecified atom stereocenters. The van der Waals surface area contributed by atoms with Gasteiger partial charge in [-0.15, -0.1) is 0 Å². The zero-order valence-corrected chi connectivity index (χ0v) is 11.9. The maximum Gasteiger partial charge on any atom is 0.0922 e. The highest BCUT2D eigenvalue weighted by Gasteiger charge is 1.95. The molecule has 2 heteroatoms. The molecule has 0 saturated heterocycles.